The predicted octanol–water partition coefficient (Wildman–Crippen LogP) is 10.6. The number of rotatable bonds is 20. The van der Waals surface area contributed by atoms with Gasteiger partial charge in [0.15, 0.2) is 23.6 Å². The molecule has 320 valence electrons. The van der Waals surface area contributed by atoms with Crippen molar-refractivity contribution in [1.29, 1.82) is 0 Å². The van der Waals surface area contributed by atoms with Gasteiger partial charge in [0, 0.05) is 17.2 Å². The fourth-order valence-corrected chi connectivity index (χ4v) is 8.58. The minimum absolute atomic E-state index is 0.0464. The van der Waals surface area contributed by atoms with Gasteiger partial charge in [0.25, 0.3) is 0 Å². The molecule has 0 aliphatic rings. The Labute approximate surface area is 371 Å². The van der Waals surface area contributed by atoms with Crippen molar-refractivity contribution in [3.8, 4) is 67.9 Å². The first-order chi connectivity index (χ1) is 29.9. The maximum atomic E-state index is 12.5. The monoisotopic (exact) mass is 933 g/mol. The molecule has 0 saturated carbocycles. The predicted molar refractivity (Wildman–Crippen MR) is 246 cm³/mol. The molecule has 2 radical (unpaired) electrons. The second-order valence-electron chi connectivity index (χ2n) is 13.5. The zero-order valence-electron chi connectivity index (χ0n) is 36.1. The molecule has 6 aromatic rings. The number of phenolic OH excluding ortho intramolecular Hbond substituents is 1. The van der Waals surface area contributed by atoms with Crippen LogP contribution in [0.2, 0.25) is 8.87 Å². The number of esters is 1. The average Bonchev–Trinajstić information content (AvgIpc) is 3.31. The molecule has 0 saturated heterocycles. The van der Waals surface area contributed by atoms with Crippen LogP contribution in [0.3, 0.4) is 0 Å². The van der Waals surface area contributed by atoms with E-state index in [1.54, 1.807) is 27.9 Å². The zero-order valence-corrected chi connectivity index (χ0v) is 38.9. The van der Waals surface area contributed by atoms with Crippen LogP contribution in [0.4, 0.5) is 0 Å². The number of hydrogen-bond donors (Lipinski definition) is 2. The number of phenols is 1. The third-order valence-corrected chi connectivity index (χ3v) is 13.8. The summed E-state index contributed by atoms with van der Waals surface area (Å²) in [5.74, 6) is 0.737. The van der Waals surface area contributed by atoms with E-state index in [0.29, 0.717) is 30.4 Å². The number of aromatic hydroxyl groups is 1. The van der Waals surface area contributed by atoms with E-state index in [1.165, 1.54) is 18.9 Å². The molecular formula is C50H59N3O7Sn. The molecular weight excluding hydrogens is 873 g/mol. The van der Waals surface area contributed by atoms with Crippen molar-refractivity contribution < 1.29 is 34.0 Å². The Hall–Kier alpha value is -5.14. The number of carbonyl (C=O) groups excluding carboxylic acids is 1. The van der Waals surface area contributed by atoms with Gasteiger partial charge in [0.2, 0.25) is 0 Å². The first-order valence-electron chi connectivity index (χ1n) is 21.1. The summed E-state index contributed by atoms with van der Waals surface area (Å²) in [5.41, 5.74) is 6.28. The van der Waals surface area contributed by atoms with Crippen molar-refractivity contribution >= 4 is 27.1 Å². The van der Waals surface area contributed by atoms with Gasteiger partial charge in [-0.05, 0) is 41.3 Å². The fraction of sp³-hybridized carbons (Fsp3) is 0.320. The van der Waals surface area contributed by atoms with E-state index in [9.17, 15) is 9.90 Å². The van der Waals surface area contributed by atoms with E-state index in [4.69, 9.17) is 39.0 Å². The van der Waals surface area contributed by atoms with Gasteiger partial charge in [-0.25, -0.2) is 19.7 Å². The van der Waals surface area contributed by atoms with Crippen LogP contribution in [-0.4, -0.2) is 98.0 Å². The average molecular weight is 933 g/mol. The summed E-state index contributed by atoms with van der Waals surface area (Å²) in [4.78, 5) is 26.9. The third kappa shape index (κ3) is 16.0. The number of carbonyl (C=O) groups is 1. The first-order valence-corrected chi connectivity index (χ1v) is 25.1. The van der Waals surface area contributed by atoms with Crippen molar-refractivity contribution in [2.45, 2.75) is 62.4 Å². The van der Waals surface area contributed by atoms with E-state index in [0.717, 1.165) is 33.4 Å². The fourth-order valence-electron chi connectivity index (χ4n) is 5.85. The number of nitrogens with zero attached hydrogens (tertiary/aromatic N) is 3. The second-order valence-corrected chi connectivity index (χ2v) is 17.8. The number of ether oxygens (including phenoxy) is 4. The Morgan fingerprint density at radius 3 is 1.51 bits per heavy atom. The summed E-state index contributed by atoms with van der Waals surface area (Å²) in [6, 6.07) is 40.9. The van der Waals surface area contributed by atoms with Gasteiger partial charge >= 0.3 is 62.7 Å². The van der Waals surface area contributed by atoms with Gasteiger partial charge in [0.1, 0.15) is 18.1 Å². The van der Waals surface area contributed by atoms with Crippen LogP contribution in [0.25, 0.3) is 56.4 Å². The molecule has 0 amide bonds. The van der Waals surface area contributed by atoms with Crippen molar-refractivity contribution in [3.05, 3.63) is 127 Å². The van der Waals surface area contributed by atoms with Crippen LogP contribution in [0.15, 0.2) is 127 Å². The van der Waals surface area contributed by atoms with Gasteiger partial charge < -0.3 is 29.2 Å². The Balaban J connectivity index is 0.000000827. The Morgan fingerprint density at radius 2 is 1.03 bits per heavy atom. The maximum absolute atomic E-state index is 12.5. The van der Waals surface area contributed by atoms with Crippen LogP contribution >= 0.6 is 0 Å². The summed E-state index contributed by atoms with van der Waals surface area (Å²) in [6.45, 7) is 11.2. The molecule has 5 aromatic carbocycles. The molecule has 1 atom stereocenters. The minimum atomic E-state index is -0.939. The molecule has 0 fully saturated rings. The standard InChI is InChI=1S/C42H39N3O7.2C3H7.C2H6.Sn/c1-29(42(48)51-27-26-50-25-24-49-23-22-46)52-36-20-21-37(38(47)28-36)41-44-39(34-16-12-32(13-17-34)30-8-4-2-5-9-30)43-40(45-41)35-18-14-33(15-19-35)31-10-6-3-7-11-31;2*1-3-2;1-2;/h2-21,28-29,46-47H,22-27H2,1H3;2*1,3H2,2H3;1-2H3;. The number of hydrogen-bond acceptors (Lipinski definition) is 10. The normalized spacial score (nSPS) is 11.0. The number of aliphatic hydroxyl groups is 1. The quantitative estimate of drug-likeness (QED) is 0.0433. The van der Waals surface area contributed by atoms with E-state index >= 15 is 0 Å². The number of aliphatic hydroxyl groups excluding tert-OH is 1. The van der Waals surface area contributed by atoms with E-state index in [2.05, 4.69) is 38.1 Å². The Morgan fingerprint density at radius 1 is 0.590 bits per heavy atom. The Bertz CT molecular complexity index is 2030. The van der Waals surface area contributed by atoms with Gasteiger partial charge in [-0.2, -0.15) is 0 Å². The van der Waals surface area contributed by atoms with Crippen molar-refractivity contribution in [2.75, 3.05) is 39.6 Å². The second kappa shape index (κ2) is 27.7. The SMILES string of the molecule is CC.CC(Oc1ccc(-c2nc(-c3ccc(-c4ccccc4)cc3)nc(-c3ccc(-c4ccccc4)cc3)n2)c(O)c1)C(=O)OCCOCCOCCO.CC[CH2][Sn][CH2]CC. The summed E-state index contributed by atoms with van der Waals surface area (Å²) in [7, 11) is 0. The molecule has 0 spiro atoms. The topological polar surface area (TPSA) is 133 Å². The molecule has 1 heterocycles. The van der Waals surface area contributed by atoms with Crippen LogP contribution in [0.5, 0.6) is 11.5 Å². The van der Waals surface area contributed by atoms with Crippen LogP contribution in [-0.2, 0) is 19.0 Å². The van der Waals surface area contributed by atoms with Gasteiger partial charge in [-0.1, -0.05) is 123 Å². The Kier molecular flexibility index (Phi) is 22.0. The van der Waals surface area contributed by atoms with E-state index in [1.807, 2.05) is 98.8 Å². The zero-order chi connectivity index (χ0) is 43.7. The molecule has 0 aliphatic heterocycles. The molecule has 0 bridgehead atoms. The van der Waals surface area contributed by atoms with E-state index < -0.39 is 12.1 Å². The van der Waals surface area contributed by atoms with Gasteiger partial charge in [-0.15, -0.1) is 0 Å². The molecule has 11 heteroatoms. The summed E-state index contributed by atoms with van der Waals surface area (Å²) in [5, 5.41) is 19.9. The molecule has 2 N–H and O–H groups in total. The van der Waals surface area contributed by atoms with Crippen LogP contribution < -0.4 is 4.74 Å². The van der Waals surface area contributed by atoms with Gasteiger partial charge in [-0.3, -0.25) is 0 Å². The van der Waals surface area contributed by atoms with Crippen molar-refractivity contribution in [2.24, 2.45) is 0 Å². The molecule has 1 aromatic heterocycles. The van der Waals surface area contributed by atoms with Crippen LogP contribution in [0.1, 0.15) is 47.5 Å². The molecule has 61 heavy (non-hydrogen) atoms. The number of benzene rings is 5. The molecule has 1 unspecified atom stereocenters. The van der Waals surface area contributed by atoms with E-state index in [-0.39, 0.29) is 64.9 Å². The molecule has 10 nitrogen and oxygen atoms in total. The summed E-state index contributed by atoms with van der Waals surface area (Å²) in [6.07, 6.45) is 1.93. The first kappa shape index (κ1) is 48.5. The summed E-state index contributed by atoms with van der Waals surface area (Å²) < 4.78 is 24.7. The van der Waals surface area contributed by atoms with Crippen molar-refractivity contribution in [1.82, 2.24) is 15.0 Å². The summed E-state index contributed by atoms with van der Waals surface area (Å²) >= 11 is 0.181. The van der Waals surface area contributed by atoms with Gasteiger partial charge in [0.05, 0.1) is 38.6 Å². The third-order valence-electron chi connectivity index (χ3n) is 8.92. The van der Waals surface area contributed by atoms with Crippen LogP contribution in [0, 0.1) is 0 Å². The molecule has 6 rings (SSSR count). The number of aromatic nitrogens is 3. The molecule has 0 aliphatic carbocycles. The van der Waals surface area contributed by atoms with Crippen molar-refractivity contribution in [3.63, 3.8) is 0 Å².